The summed E-state index contributed by atoms with van der Waals surface area (Å²) in [5, 5.41) is 8.92. The number of halogens is 5. The molecular weight excluding hydrogens is 460 g/mol. The second-order valence-electron chi connectivity index (χ2n) is 6.45. The van der Waals surface area contributed by atoms with E-state index in [-0.39, 0.29) is 33.9 Å². The van der Waals surface area contributed by atoms with Crippen molar-refractivity contribution in [3.05, 3.63) is 64.2 Å². The van der Waals surface area contributed by atoms with E-state index in [2.05, 4.69) is 0 Å². The van der Waals surface area contributed by atoms with Crippen molar-refractivity contribution in [1.29, 1.82) is 0 Å². The van der Waals surface area contributed by atoms with Crippen molar-refractivity contribution in [2.45, 2.75) is 32.2 Å². The van der Waals surface area contributed by atoms with Crippen LogP contribution in [0.2, 0.25) is 10.0 Å². The van der Waals surface area contributed by atoms with E-state index in [0.717, 1.165) is 24.3 Å². The number of ether oxygens (including phenoxy) is 3. The van der Waals surface area contributed by atoms with E-state index in [1.165, 1.54) is 24.3 Å². The SMILES string of the molecule is CC(C=CC(=O)OC(C)CO)Oc1cc(Oc2ccc(C(F)(F)F)cc2Cl)ccc1Cl. The minimum atomic E-state index is -4.52. The Morgan fingerprint density at radius 1 is 1.10 bits per heavy atom. The Kier molecular flexibility index (Phi) is 8.61. The lowest BCUT2D eigenvalue weighted by Gasteiger charge is -2.15. The lowest BCUT2D eigenvalue weighted by atomic mass is 10.2. The zero-order valence-electron chi connectivity index (χ0n) is 16.5. The Labute approximate surface area is 186 Å². The number of alkyl halides is 3. The number of carbonyl (C=O) groups is 1. The largest absolute Gasteiger partial charge is 0.485 e. The van der Waals surface area contributed by atoms with Crippen LogP contribution in [-0.4, -0.2) is 29.9 Å². The van der Waals surface area contributed by atoms with Gasteiger partial charge in [0.05, 0.1) is 22.2 Å². The molecule has 0 saturated carbocycles. The standard InChI is InChI=1S/C21H19Cl2F3O5/c1-12(3-8-20(28)30-13(2)11-27)29-19-10-15(5-6-16(19)22)31-18-7-4-14(9-17(18)23)21(24,25)26/h3-10,12-13,27H,11H2,1-2H3. The molecule has 2 atom stereocenters. The molecular formula is C21H19Cl2F3O5. The van der Waals surface area contributed by atoms with Crippen LogP contribution in [0.5, 0.6) is 17.2 Å². The third-order valence-corrected chi connectivity index (χ3v) is 4.39. The van der Waals surface area contributed by atoms with Gasteiger partial charge in [0.25, 0.3) is 0 Å². The molecule has 0 aliphatic carbocycles. The van der Waals surface area contributed by atoms with Crippen LogP contribution in [-0.2, 0) is 15.7 Å². The molecule has 0 aliphatic heterocycles. The van der Waals surface area contributed by atoms with Crippen molar-refractivity contribution in [3.63, 3.8) is 0 Å². The maximum absolute atomic E-state index is 12.8. The zero-order valence-corrected chi connectivity index (χ0v) is 18.0. The molecule has 168 valence electrons. The molecule has 31 heavy (non-hydrogen) atoms. The van der Waals surface area contributed by atoms with Crippen LogP contribution in [0.4, 0.5) is 13.2 Å². The monoisotopic (exact) mass is 478 g/mol. The number of rotatable bonds is 8. The smallest absolute Gasteiger partial charge is 0.416 e. The molecule has 0 amide bonds. The van der Waals surface area contributed by atoms with Gasteiger partial charge in [0, 0.05) is 12.1 Å². The molecule has 10 heteroatoms. The molecule has 0 bridgehead atoms. The van der Waals surface area contributed by atoms with Crippen LogP contribution in [0.3, 0.4) is 0 Å². The molecule has 0 aromatic heterocycles. The van der Waals surface area contributed by atoms with Gasteiger partial charge in [-0.15, -0.1) is 0 Å². The summed E-state index contributed by atoms with van der Waals surface area (Å²) in [5.74, 6) is -0.168. The minimum Gasteiger partial charge on any atom is -0.485 e. The highest BCUT2D eigenvalue weighted by Gasteiger charge is 2.31. The third-order valence-electron chi connectivity index (χ3n) is 3.78. The summed E-state index contributed by atoms with van der Waals surface area (Å²) in [6.07, 6.45) is -3.14. The fourth-order valence-electron chi connectivity index (χ4n) is 2.25. The van der Waals surface area contributed by atoms with Crippen LogP contribution < -0.4 is 9.47 Å². The molecule has 0 aliphatic rings. The van der Waals surface area contributed by atoms with Gasteiger partial charge in [-0.25, -0.2) is 4.79 Å². The van der Waals surface area contributed by atoms with Gasteiger partial charge in [-0.2, -0.15) is 13.2 Å². The van der Waals surface area contributed by atoms with Crippen LogP contribution in [0.1, 0.15) is 19.4 Å². The van der Waals surface area contributed by atoms with Crippen LogP contribution in [0.25, 0.3) is 0 Å². The van der Waals surface area contributed by atoms with Crippen molar-refractivity contribution in [3.8, 4) is 17.2 Å². The number of aliphatic hydroxyl groups excluding tert-OH is 1. The van der Waals surface area contributed by atoms with E-state index in [1.54, 1.807) is 13.8 Å². The molecule has 2 unspecified atom stereocenters. The Morgan fingerprint density at radius 2 is 1.81 bits per heavy atom. The topological polar surface area (TPSA) is 65.0 Å². The van der Waals surface area contributed by atoms with E-state index in [4.69, 9.17) is 42.5 Å². The lowest BCUT2D eigenvalue weighted by molar-refractivity contribution is -0.144. The summed E-state index contributed by atoms with van der Waals surface area (Å²) in [6, 6.07) is 7.17. The molecule has 2 rings (SSSR count). The van der Waals surface area contributed by atoms with Crippen molar-refractivity contribution >= 4 is 29.2 Å². The minimum absolute atomic E-state index is 0.0247. The van der Waals surface area contributed by atoms with Gasteiger partial charge >= 0.3 is 12.1 Å². The van der Waals surface area contributed by atoms with Crippen molar-refractivity contribution in [1.82, 2.24) is 0 Å². The highest BCUT2D eigenvalue weighted by Crippen LogP contribution is 2.38. The van der Waals surface area contributed by atoms with Crippen LogP contribution >= 0.6 is 23.2 Å². The highest BCUT2D eigenvalue weighted by molar-refractivity contribution is 6.32. The fourth-order valence-corrected chi connectivity index (χ4v) is 2.63. The second-order valence-corrected chi connectivity index (χ2v) is 7.26. The molecule has 2 aromatic rings. The first-order chi connectivity index (χ1) is 14.5. The van der Waals surface area contributed by atoms with Crippen LogP contribution in [0, 0.1) is 0 Å². The van der Waals surface area contributed by atoms with Crippen molar-refractivity contribution in [2.75, 3.05) is 6.61 Å². The Bertz CT molecular complexity index is 947. The van der Waals surface area contributed by atoms with Gasteiger partial charge in [-0.1, -0.05) is 23.2 Å². The Balaban J connectivity index is 2.09. The number of hydrogen-bond donors (Lipinski definition) is 1. The maximum Gasteiger partial charge on any atom is 0.416 e. The number of benzene rings is 2. The van der Waals surface area contributed by atoms with Gasteiger partial charge in [0.15, 0.2) is 0 Å². The molecule has 0 spiro atoms. The average molecular weight is 479 g/mol. The van der Waals surface area contributed by atoms with Gasteiger partial charge in [0.2, 0.25) is 0 Å². The third kappa shape index (κ3) is 7.65. The normalized spacial score (nSPS) is 13.7. The van der Waals surface area contributed by atoms with E-state index in [0.29, 0.717) is 0 Å². The summed E-state index contributed by atoms with van der Waals surface area (Å²) < 4.78 is 54.4. The summed E-state index contributed by atoms with van der Waals surface area (Å²) >= 11 is 12.0. The van der Waals surface area contributed by atoms with E-state index >= 15 is 0 Å². The maximum atomic E-state index is 12.8. The average Bonchev–Trinajstić information content (AvgIpc) is 2.69. The molecule has 5 nitrogen and oxygen atoms in total. The molecule has 0 heterocycles. The van der Waals surface area contributed by atoms with Gasteiger partial charge in [-0.05, 0) is 50.3 Å². The predicted molar refractivity (Wildman–Crippen MR) is 110 cm³/mol. The molecule has 0 radical (unpaired) electrons. The van der Waals surface area contributed by atoms with Gasteiger partial charge in [0.1, 0.15) is 29.5 Å². The first-order valence-electron chi connectivity index (χ1n) is 9.00. The quantitative estimate of drug-likeness (QED) is 0.369. The second kappa shape index (κ2) is 10.7. The number of carbonyl (C=O) groups excluding carboxylic acids is 1. The molecule has 0 fully saturated rings. The highest BCUT2D eigenvalue weighted by atomic mass is 35.5. The number of hydrogen-bond acceptors (Lipinski definition) is 5. The van der Waals surface area contributed by atoms with Gasteiger partial charge in [-0.3, -0.25) is 0 Å². The van der Waals surface area contributed by atoms with E-state index < -0.39 is 29.9 Å². The molecule has 0 saturated heterocycles. The first kappa shape index (κ1) is 24.8. The van der Waals surface area contributed by atoms with Crippen molar-refractivity contribution in [2.24, 2.45) is 0 Å². The summed E-state index contributed by atoms with van der Waals surface area (Å²) in [7, 11) is 0. The lowest BCUT2D eigenvalue weighted by Crippen LogP contribution is -2.17. The van der Waals surface area contributed by atoms with E-state index in [1.807, 2.05) is 0 Å². The predicted octanol–water partition coefficient (Wildman–Crippen LogP) is 6.05. The fraction of sp³-hybridized carbons (Fsp3) is 0.286. The number of aliphatic hydroxyl groups is 1. The van der Waals surface area contributed by atoms with Crippen molar-refractivity contribution < 1.29 is 37.3 Å². The first-order valence-corrected chi connectivity index (χ1v) is 9.75. The van der Waals surface area contributed by atoms with E-state index in [9.17, 15) is 18.0 Å². The zero-order chi connectivity index (χ0) is 23.2. The summed E-state index contributed by atoms with van der Waals surface area (Å²) in [5.41, 5.74) is -0.891. The molecule has 2 aromatic carbocycles. The summed E-state index contributed by atoms with van der Waals surface area (Å²) in [6.45, 7) is 2.90. The Morgan fingerprint density at radius 3 is 2.42 bits per heavy atom. The summed E-state index contributed by atoms with van der Waals surface area (Å²) in [4.78, 5) is 11.6. The number of esters is 1. The van der Waals surface area contributed by atoms with Crippen LogP contribution in [0.15, 0.2) is 48.6 Å². The Hall–Kier alpha value is -2.42. The van der Waals surface area contributed by atoms with Gasteiger partial charge < -0.3 is 19.3 Å². The molecule has 1 N–H and O–H groups in total.